The van der Waals surface area contributed by atoms with E-state index in [2.05, 4.69) is 15.0 Å². The molecule has 1 amide bonds. The maximum Gasteiger partial charge on any atom is 0.387 e. The first kappa shape index (κ1) is 20.6. The van der Waals surface area contributed by atoms with Crippen LogP contribution < -0.4 is 15.0 Å². The second kappa shape index (κ2) is 9.36. The van der Waals surface area contributed by atoms with E-state index < -0.39 is 12.6 Å². The minimum Gasteiger partial charge on any atom is -0.465 e. The van der Waals surface area contributed by atoms with E-state index >= 15 is 0 Å². The summed E-state index contributed by atoms with van der Waals surface area (Å²) in [6, 6.07) is 11.0. The third kappa shape index (κ3) is 5.43. The molecule has 1 fully saturated rings. The molecule has 0 unspecified atom stereocenters. The zero-order valence-electron chi connectivity index (χ0n) is 16.0. The summed E-state index contributed by atoms with van der Waals surface area (Å²) in [6.45, 7) is -1.13. The van der Waals surface area contributed by atoms with Gasteiger partial charge in [0.25, 0.3) is 0 Å². The summed E-state index contributed by atoms with van der Waals surface area (Å²) in [4.78, 5) is 26.6. The van der Waals surface area contributed by atoms with Crippen LogP contribution >= 0.6 is 0 Å². The minimum absolute atomic E-state index is 0.0336. The molecule has 1 heterocycles. The Hall–Kier alpha value is -3.16. The smallest absolute Gasteiger partial charge is 0.387 e. The number of carbonyl (C=O) groups excluding carboxylic acids is 2. The van der Waals surface area contributed by atoms with Crippen molar-refractivity contribution in [3.05, 3.63) is 53.6 Å². The van der Waals surface area contributed by atoms with Gasteiger partial charge in [0.15, 0.2) is 0 Å². The molecule has 1 saturated heterocycles. The predicted molar refractivity (Wildman–Crippen MR) is 105 cm³/mol. The molecule has 154 valence electrons. The van der Waals surface area contributed by atoms with E-state index in [1.54, 1.807) is 24.3 Å². The molecule has 3 rings (SSSR count). The Balaban J connectivity index is 1.74. The zero-order valence-corrected chi connectivity index (χ0v) is 16.0. The molecule has 1 aliphatic heterocycles. The lowest BCUT2D eigenvalue weighted by molar-refractivity contribution is -0.115. The molecule has 29 heavy (non-hydrogen) atoms. The number of benzene rings is 2. The fourth-order valence-corrected chi connectivity index (χ4v) is 3.28. The highest BCUT2D eigenvalue weighted by Gasteiger charge is 2.19. The van der Waals surface area contributed by atoms with Crippen LogP contribution in [-0.2, 0) is 16.0 Å². The second-order valence-corrected chi connectivity index (χ2v) is 6.67. The molecular weight excluding hydrogens is 382 g/mol. The molecule has 1 aliphatic rings. The van der Waals surface area contributed by atoms with Crippen LogP contribution in [0.25, 0.3) is 0 Å². The number of esters is 1. The van der Waals surface area contributed by atoms with Gasteiger partial charge in [0.2, 0.25) is 5.91 Å². The second-order valence-electron chi connectivity index (χ2n) is 6.67. The molecule has 6 nitrogen and oxygen atoms in total. The lowest BCUT2D eigenvalue weighted by Crippen LogP contribution is -2.22. The number of nitrogens with one attached hydrogen (secondary N) is 1. The fourth-order valence-electron chi connectivity index (χ4n) is 3.28. The summed E-state index contributed by atoms with van der Waals surface area (Å²) >= 11 is 0. The van der Waals surface area contributed by atoms with Gasteiger partial charge in [0, 0.05) is 13.1 Å². The zero-order chi connectivity index (χ0) is 20.8. The van der Waals surface area contributed by atoms with Crippen LogP contribution in [0, 0.1) is 0 Å². The Morgan fingerprint density at radius 1 is 1.10 bits per heavy atom. The first-order valence-electron chi connectivity index (χ1n) is 9.27. The van der Waals surface area contributed by atoms with Crippen LogP contribution in [0.3, 0.4) is 0 Å². The molecule has 0 aromatic heterocycles. The maximum absolute atomic E-state index is 12.6. The van der Waals surface area contributed by atoms with Gasteiger partial charge in [-0.1, -0.05) is 12.1 Å². The Morgan fingerprint density at radius 3 is 2.41 bits per heavy atom. The summed E-state index contributed by atoms with van der Waals surface area (Å²) in [5.41, 5.74) is 2.39. The molecule has 0 spiro atoms. The number of ether oxygens (including phenoxy) is 2. The molecule has 1 N–H and O–H groups in total. The Kier molecular flexibility index (Phi) is 6.64. The summed E-state index contributed by atoms with van der Waals surface area (Å²) in [6.07, 6.45) is 2.19. The largest absolute Gasteiger partial charge is 0.465 e. The van der Waals surface area contributed by atoms with Crippen molar-refractivity contribution >= 4 is 23.3 Å². The molecule has 8 heteroatoms. The topological polar surface area (TPSA) is 67.9 Å². The van der Waals surface area contributed by atoms with Crippen molar-refractivity contribution in [1.82, 2.24) is 0 Å². The molecule has 2 aromatic carbocycles. The van der Waals surface area contributed by atoms with Gasteiger partial charge in [-0.25, -0.2) is 4.79 Å². The third-order valence-electron chi connectivity index (χ3n) is 4.65. The highest BCUT2D eigenvalue weighted by atomic mass is 19.3. The van der Waals surface area contributed by atoms with Gasteiger partial charge in [0.05, 0.1) is 30.5 Å². The number of methoxy groups -OCH3 is 1. The van der Waals surface area contributed by atoms with Crippen LogP contribution in [0.4, 0.5) is 20.2 Å². The van der Waals surface area contributed by atoms with Crippen molar-refractivity contribution < 1.29 is 27.8 Å². The quantitative estimate of drug-likeness (QED) is 0.710. The van der Waals surface area contributed by atoms with Gasteiger partial charge >= 0.3 is 12.6 Å². The van der Waals surface area contributed by atoms with E-state index in [1.807, 2.05) is 6.07 Å². The summed E-state index contributed by atoms with van der Waals surface area (Å²) in [5.74, 6) is -0.732. The normalized spacial score (nSPS) is 13.4. The number of alkyl halides is 2. The van der Waals surface area contributed by atoms with Gasteiger partial charge in [-0.2, -0.15) is 8.78 Å². The van der Waals surface area contributed by atoms with Gasteiger partial charge in [0.1, 0.15) is 5.75 Å². The number of nitrogens with zero attached hydrogens (tertiary/aromatic N) is 1. The van der Waals surface area contributed by atoms with Crippen molar-refractivity contribution in [1.29, 1.82) is 0 Å². The molecule has 0 saturated carbocycles. The van der Waals surface area contributed by atoms with Gasteiger partial charge in [-0.05, 0) is 48.7 Å². The maximum atomic E-state index is 12.6. The SMILES string of the molecule is COC(=O)c1ccc(N2CCCC2)c(NC(=O)Cc2ccc(OC(F)F)cc2)c1. The molecule has 0 radical (unpaired) electrons. The van der Waals surface area contributed by atoms with E-state index in [9.17, 15) is 18.4 Å². The monoisotopic (exact) mass is 404 g/mol. The Bertz CT molecular complexity index is 865. The van der Waals surface area contributed by atoms with Crippen molar-refractivity contribution in [2.75, 3.05) is 30.4 Å². The Morgan fingerprint density at radius 2 is 1.79 bits per heavy atom. The number of halogens is 2. The average molecular weight is 404 g/mol. The molecule has 0 bridgehead atoms. The van der Waals surface area contributed by atoms with E-state index in [-0.39, 0.29) is 18.1 Å². The van der Waals surface area contributed by atoms with Crippen molar-refractivity contribution in [2.45, 2.75) is 25.9 Å². The van der Waals surface area contributed by atoms with Crippen molar-refractivity contribution in [3.63, 3.8) is 0 Å². The van der Waals surface area contributed by atoms with Crippen molar-refractivity contribution in [3.8, 4) is 5.75 Å². The van der Waals surface area contributed by atoms with Crippen LogP contribution in [0.2, 0.25) is 0 Å². The predicted octanol–water partition coefficient (Wildman–Crippen LogP) is 3.86. The number of rotatable bonds is 7. The minimum atomic E-state index is -2.89. The molecular formula is C21H22F2N2O4. The first-order chi connectivity index (χ1) is 14.0. The first-order valence-corrected chi connectivity index (χ1v) is 9.27. The number of carbonyl (C=O) groups is 2. The van der Waals surface area contributed by atoms with Crippen molar-refractivity contribution in [2.24, 2.45) is 0 Å². The van der Waals surface area contributed by atoms with E-state index in [0.29, 0.717) is 16.8 Å². The molecule has 0 atom stereocenters. The highest BCUT2D eigenvalue weighted by Crippen LogP contribution is 2.30. The Labute approximate surface area is 167 Å². The summed E-state index contributed by atoms with van der Waals surface area (Å²) in [7, 11) is 1.30. The average Bonchev–Trinajstić information content (AvgIpc) is 3.23. The lowest BCUT2D eigenvalue weighted by Gasteiger charge is -2.22. The molecule has 2 aromatic rings. The third-order valence-corrected chi connectivity index (χ3v) is 4.65. The number of anilines is 2. The van der Waals surface area contributed by atoms with E-state index in [4.69, 9.17) is 4.74 Å². The van der Waals surface area contributed by atoms with Crippen LogP contribution in [-0.4, -0.2) is 38.7 Å². The molecule has 0 aliphatic carbocycles. The van der Waals surface area contributed by atoms with Crippen LogP contribution in [0.5, 0.6) is 5.75 Å². The highest BCUT2D eigenvalue weighted by molar-refractivity contribution is 5.98. The van der Waals surface area contributed by atoms with E-state index in [0.717, 1.165) is 31.6 Å². The summed E-state index contributed by atoms with van der Waals surface area (Å²) < 4.78 is 33.5. The van der Waals surface area contributed by atoms with E-state index in [1.165, 1.54) is 19.2 Å². The summed E-state index contributed by atoms with van der Waals surface area (Å²) in [5, 5.41) is 2.86. The van der Waals surface area contributed by atoms with Gasteiger partial charge < -0.3 is 19.7 Å². The van der Waals surface area contributed by atoms with Crippen LogP contribution in [0.15, 0.2) is 42.5 Å². The van der Waals surface area contributed by atoms with Crippen LogP contribution in [0.1, 0.15) is 28.8 Å². The number of amides is 1. The van der Waals surface area contributed by atoms with Gasteiger partial charge in [-0.15, -0.1) is 0 Å². The fraction of sp³-hybridized carbons (Fsp3) is 0.333. The number of hydrogen-bond acceptors (Lipinski definition) is 5. The standard InChI is InChI=1S/C21H22F2N2O4/c1-28-20(27)15-6-9-18(25-10-2-3-11-25)17(13-15)24-19(26)12-14-4-7-16(8-5-14)29-21(22)23/h4-9,13,21H,2-3,10-12H2,1H3,(H,24,26). The number of hydrogen-bond donors (Lipinski definition) is 1. The lowest BCUT2D eigenvalue weighted by atomic mass is 10.1. The van der Waals surface area contributed by atoms with Gasteiger partial charge in [-0.3, -0.25) is 4.79 Å².